The molecule has 28 heavy (non-hydrogen) atoms. The first-order valence-electron chi connectivity index (χ1n) is 9.51. The summed E-state index contributed by atoms with van der Waals surface area (Å²) in [6.07, 6.45) is 3.21. The molecule has 0 saturated carbocycles. The molecule has 1 atom stereocenters. The second-order valence-electron chi connectivity index (χ2n) is 6.72. The van der Waals surface area contributed by atoms with Gasteiger partial charge < -0.3 is 14.8 Å². The van der Waals surface area contributed by atoms with E-state index in [2.05, 4.69) is 5.32 Å². The molecular weight excluding hydrogens is 352 g/mol. The van der Waals surface area contributed by atoms with E-state index in [0.29, 0.717) is 30.9 Å². The van der Waals surface area contributed by atoms with Gasteiger partial charge in [-0.3, -0.25) is 4.79 Å². The molecule has 0 bridgehead atoms. The largest absolute Gasteiger partial charge is 0.493 e. The van der Waals surface area contributed by atoms with Crippen LogP contribution in [0.1, 0.15) is 30.5 Å². The quantitative estimate of drug-likeness (QED) is 0.591. The summed E-state index contributed by atoms with van der Waals surface area (Å²) in [7, 11) is 0. The molecule has 1 heterocycles. The minimum absolute atomic E-state index is 0.0417. The van der Waals surface area contributed by atoms with Crippen molar-refractivity contribution in [2.45, 2.75) is 32.8 Å². The van der Waals surface area contributed by atoms with Gasteiger partial charge in [0.2, 0.25) is 0 Å². The van der Waals surface area contributed by atoms with Crippen molar-refractivity contribution in [2.24, 2.45) is 0 Å². The number of ether oxygens (including phenoxy) is 2. The molecule has 0 aliphatic carbocycles. The van der Waals surface area contributed by atoms with E-state index in [1.807, 2.05) is 62.4 Å². The molecular formula is C23H24N2O3. The zero-order chi connectivity index (χ0) is 19.9. The summed E-state index contributed by atoms with van der Waals surface area (Å²) in [5, 5.41) is 12.3. The normalized spacial score (nSPS) is 15.3. The van der Waals surface area contributed by atoms with E-state index in [4.69, 9.17) is 9.47 Å². The molecule has 1 amide bonds. The number of nitriles is 1. The Kier molecular flexibility index (Phi) is 6.33. The highest BCUT2D eigenvalue weighted by Gasteiger charge is 2.22. The Morgan fingerprint density at radius 3 is 2.86 bits per heavy atom. The first-order chi connectivity index (χ1) is 13.6. The Balaban J connectivity index is 1.75. The zero-order valence-corrected chi connectivity index (χ0v) is 16.2. The van der Waals surface area contributed by atoms with Crippen LogP contribution in [0.3, 0.4) is 0 Å². The second-order valence-corrected chi connectivity index (χ2v) is 6.72. The summed E-state index contributed by atoms with van der Waals surface area (Å²) < 4.78 is 11.5. The highest BCUT2D eigenvalue weighted by atomic mass is 16.5. The topological polar surface area (TPSA) is 71.3 Å². The predicted molar refractivity (Wildman–Crippen MR) is 108 cm³/mol. The fourth-order valence-corrected chi connectivity index (χ4v) is 3.21. The van der Waals surface area contributed by atoms with Crippen molar-refractivity contribution in [3.63, 3.8) is 0 Å². The van der Waals surface area contributed by atoms with Gasteiger partial charge in [-0.15, -0.1) is 0 Å². The summed E-state index contributed by atoms with van der Waals surface area (Å²) in [5.41, 5.74) is 2.93. The Morgan fingerprint density at radius 1 is 1.36 bits per heavy atom. The van der Waals surface area contributed by atoms with E-state index < -0.39 is 5.91 Å². The van der Waals surface area contributed by atoms with Crippen molar-refractivity contribution in [3.8, 4) is 17.6 Å². The van der Waals surface area contributed by atoms with Crippen LogP contribution in [-0.2, 0) is 17.6 Å². The van der Waals surface area contributed by atoms with Crippen LogP contribution in [0.2, 0.25) is 0 Å². The maximum atomic E-state index is 12.4. The first kappa shape index (κ1) is 19.5. The number of carbonyl (C=O) groups is 1. The molecule has 3 rings (SSSR count). The number of hydrogen-bond acceptors (Lipinski definition) is 4. The van der Waals surface area contributed by atoms with E-state index >= 15 is 0 Å². The number of hydrogen-bond donors (Lipinski definition) is 1. The molecule has 0 saturated heterocycles. The summed E-state index contributed by atoms with van der Waals surface area (Å²) in [6, 6.07) is 15.7. The van der Waals surface area contributed by atoms with Crippen LogP contribution in [0.5, 0.6) is 11.5 Å². The lowest BCUT2D eigenvalue weighted by Crippen LogP contribution is -2.26. The Bertz CT molecular complexity index is 913. The third kappa shape index (κ3) is 4.72. The fraction of sp³-hybridized carbons (Fsp3) is 0.304. The van der Waals surface area contributed by atoms with Crippen LogP contribution in [-0.4, -0.2) is 25.2 Å². The minimum Gasteiger partial charge on any atom is -0.493 e. The Morgan fingerprint density at radius 2 is 2.14 bits per heavy atom. The summed E-state index contributed by atoms with van der Waals surface area (Å²) in [4.78, 5) is 12.4. The maximum absolute atomic E-state index is 12.4. The van der Waals surface area contributed by atoms with E-state index in [1.165, 1.54) is 0 Å². The third-order valence-corrected chi connectivity index (χ3v) is 4.54. The molecule has 2 aromatic carbocycles. The van der Waals surface area contributed by atoms with Crippen molar-refractivity contribution >= 4 is 12.0 Å². The van der Waals surface area contributed by atoms with Crippen LogP contribution < -0.4 is 14.8 Å². The molecule has 0 fully saturated rings. The van der Waals surface area contributed by atoms with Crippen molar-refractivity contribution in [1.29, 1.82) is 5.26 Å². The average Bonchev–Trinajstić information content (AvgIpc) is 3.05. The SMILES string of the molecule is CCOc1cc2c(cc1/C=C(\C#N)C(=O)NCCc1ccccc1)O[C@@H](C)C2. The first-order valence-corrected chi connectivity index (χ1v) is 9.51. The maximum Gasteiger partial charge on any atom is 0.261 e. The smallest absolute Gasteiger partial charge is 0.261 e. The number of amides is 1. The van der Waals surface area contributed by atoms with Gasteiger partial charge in [-0.05, 0) is 44.0 Å². The van der Waals surface area contributed by atoms with Gasteiger partial charge in [-0.1, -0.05) is 30.3 Å². The van der Waals surface area contributed by atoms with E-state index in [9.17, 15) is 10.1 Å². The second kappa shape index (κ2) is 9.09. The summed E-state index contributed by atoms with van der Waals surface area (Å²) in [5.74, 6) is 1.04. The molecule has 144 valence electrons. The number of rotatable bonds is 7. The van der Waals surface area contributed by atoms with Crippen molar-refractivity contribution in [2.75, 3.05) is 13.2 Å². The zero-order valence-electron chi connectivity index (χ0n) is 16.2. The predicted octanol–water partition coefficient (Wildman–Crippen LogP) is 3.67. The fourth-order valence-electron chi connectivity index (χ4n) is 3.21. The number of carbonyl (C=O) groups excluding carboxylic acids is 1. The molecule has 0 radical (unpaired) electrons. The van der Waals surface area contributed by atoms with E-state index in [1.54, 1.807) is 6.08 Å². The number of benzene rings is 2. The molecule has 0 spiro atoms. The highest BCUT2D eigenvalue weighted by Crippen LogP contribution is 2.36. The standard InChI is InChI=1S/C23H24N2O3/c1-3-27-21-13-18-11-16(2)28-22(18)14-19(21)12-20(15-24)23(26)25-10-9-17-7-5-4-6-8-17/h4-8,12-14,16H,3,9-11H2,1-2H3,(H,25,26)/b20-12+/t16-/m0/s1. The number of fused-ring (bicyclic) bond motifs is 1. The lowest BCUT2D eigenvalue weighted by molar-refractivity contribution is -0.117. The summed E-state index contributed by atoms with van der Waals surface area (Å²) >= 11 is 0. The minimum atomic E-state index is -0.393. The highest BCUT2D eigenvalue weighted by molar-refractivity contribution is 6.02. The lowest BCUT2D eigenvalue weighted by atomic mass is 10.0. The average molecular weight is 376 g/mol. The van der Waals surface area contributed by atoms with Crippen LogP contribution in [0, 0.1) is 11.3 Å². The van der Waals surface area contributed by atoms with Crippen LogP contribution in [0.15, 0.2) is 48.0 Å². The molecule has 1 aliphatic rings. The van der Waals surface area contributed by atoms with Gasteiger partial charge in [0.1, 0.15) is 29.2 Å². The Labute approximate surface area is 165 Å². The summed E-state index contributed by atoms with van der Waals surface area (Å²) in [6.45, 7) is 4.88. The molecule has 0 unspecified atom stereocenters. The van der Waals surface area contributed by atoms with Gasteiger partial charge in [0.05, 0.1) is 6.61 Å². The van der Waals surface area contributed by atoms with Gasteiger partial charge in [0, 0.05) is 24.1 Å². The van der Waals surface area contributed by atoms with Gasteiger partial charge in [-0.25, -0.2) is 0 Å². The monoisotopic (exact) mass is 376 g/mol. The van der Waals surface area contributed by atoms with E-state index in [0.717, 1.165) is 23.3 Å². The van der Waals surface area contributed by atoms with Crippen molar-refractivity contribution in [3.05, 3.63) is 64.7 Å². The van der Waals surface area contributed by atoms with Crippen molar-refractivity contribution < 1.29 is 14.3 Å². The van der Waals surface area contributed by atoms with Gasteiger partial charge in [-0.2, -0.15) is 5.26 Å². The number of nitrogens with zero attached hydrogens (tertiary/aromatic N) is 1. The van der Waals surface area contributed by atoms with Crippen molar-refractivity contribution in [1.82, 2.24) is 5.32 Å². The number of nitrogens with one attached hydrogen (secondary N) is 1. The molecule has 5 nitrogen and oxygen atoms in total. The van der Waals surface area contributed by atoms with Crippen LogP contribution in [0.25, 0.3) is 6.08 Å². The molecule has 1 N–H and O–H groups in total. The van der Waals surface area contributed by atoms with Gasteiger partial charge in [0.15, 0.2) is 0 Å². The van der Waals surface area contributed by atoms with E-state index in [-0.39, 0.29) is 11.7 Å². The van der Waals surface area contributed by atoms with Gasteiger partial charge >= 0.3 is 0 Å². The van der Waals surface area contributed by atoms with Crippen LogP contribution in [0.4, 0.5) is 0 Å². The lowest BCUT2D eigenvalue weighted by Gasteiger charge is -2.11. The molecule has 0 aromatic heterocycles. The Hall–Kier alpha value is -3.26. The molecule has 5 heteroatoms. The molecule has 2 aromatic rings. The third-order valence-electron chi connectivity index (χ3n) is 4.54. The van der Waals surface area contributed by atoms with Gasteiger partial charge in [0.25, 0.3) is 5.91 Å². The molecule has 1 aliphatic heterocycles. The van der Waals surface area contributed by atoms with Crippen LogP contribution >= 0.6 is 0 Å².